The Morgan fingerprint density at radius 1 is 1.37 bits per heavy atom. The molecule has 0 aromatic heterocycles. The van der Waals surface area contributed by atoms with E-state index in [2.05, 4.69) is 17.2 Å². The van der Waals surface area contributed by atoms with Crippen LogP contribution in [0.2, 0.25) is 0 Å². The van der Waals surface area contributed by atoms with Gasteiger partial charge in [-0.05, 0) is 11.6 Å². The van der Waals surface area contributed by atoms with E-state index >= 15 is 0 Å². The Kier molecular flexibility index (Phi) is 5.83. The zero-order chi connectivity index (χ0) is 14.1. The first-order valence-corrected chi connectivity index (χ1v) is 5.79. The van der Waals surface area contributed by atoms with E-state index in [4.69, 9.17) is 5.26 Å². The average molecular weight is 257 g/mol. The predicted octanol–water partition coefficient (Wildman–Crippen LogP) is 0.540. The molecule has 1 rings (SSSR count). The van der Waals surface area contributed by atoms with Crippen LogP contribution in [0.4, 0.5) is 0 Å². The topological polar surface area (TPSA) is 82.0 Å². The van der Waals surface area contributed by atoms with Crippen molar-refractivity contribution in [2.45, 2.75) is 12.5 Å². The number of nitrogens with one attached hydrogen (secondary N) is 2. The summed E-state index contributed by atoms with van der Waals surface area (Å²) in [6.07, 6.45) is 1.47. The van der Waals surface area contributed by atoms with Crippen LogP contribution in [0, 0.1) is 11.3 Å². The predicted molar refractivity (Wildman–Crippen MR) is 70.9 cm³/mol. The Morgan fingerprint density at radius 3 is 2.63 bits per heavy atom. The second kappa shape index (κ2) is 7.67. The van der Waals surface area contributed by atoms with Gasteiger partial charge in [-0.2, -0.15) is 5.26 Å². The number of benzene rings is 1. The first-order chi connectivity index (χ1) is 9.17. The van der Waals surface area contributed by atoms with E-state index in [1.807, 2.05) is 36.4 Å². The number of hydrogen-bond donors (Lipinski definition) is 2. The standard InChI is InChI=1S/C14H15N3O2/c1-2-13(18)17-12(14(19)16-9-8-15)10-11-6-4-3-5-7-11/h2-7,12H,1,9-10H2,(H,16,19)(H,17,18). The number of rotatable bonds is 6. The molecule has 1 atom stereocenters. The maximum atomic E-state index is 11.8. The molecule has 0 aliphatic carbocycles. The number of carbonyl (C=O) groups is 2. The fourth-order valence-electron chi connectivity index (χ4n) is 1.54. The van der Waals surface area contributed by atoms with Gasteiger partial charge in [0.05, 0.1) is 6.07 Å². The summed E-state index contributed by atoms with van der Waals surface area (Å²) in [7, 11) is 0. The molecule has 0 radical (unpaired) electrons. The Labute approximate surface area is 111 Å². The van der Waals surface area contributed by atoms with E-state index in [0.29, 0.717) is 6.42 Å². The summed E-state index contributed by atoms with van der Waals surface area (Å²) in [4.78, 5) is 23.2. The van der Waals surface area contributed by atoms with Crippen LogP contribution in [0.5, 0.6) is 0 Å². The maximum absolute atomic E-state index is 11.8. The second-order valence-electron chi connectivity index (χ2n) is 3.83. The molecule has 98 valence electrons. The zero-order valence-electron chi connectivity index (χ0n) is 10.4. The highest BCUT2D eigenvalue weighted by Gasteiger charge is 2.19. The van der Waals surface area contributed by atoms with E-state index in [1.54, 1.807) is 0 Å². The van der Waals surface area contributed by atoms with Gasteiger partial charge >= 0.3 is 0 Å². The van der Waals surface area contributed by atoms with Crippen LogP contribution in [0.25, 0.3) is 0 Å². The molecule has 0 spiro atoms. The van der Waals surface area contributed by atoms with Gasteiger partial charge < -0.3 is 10.6 Å². The van der Waals surface area contributed by atoms with Gasteiger partial charge in [0.1, 0.15) is 12.6 Å². The number of nitrogens with zero attached hydrogens (tertiary/aromatic N) is 1. The van der Waals surface area contributed by atoms with Gasteiger partial charge in [-0.1, -0.05) is 36.9 Å². The smallest absolute Gasteiger partial charge is 0.244 e. The molecule has 0 heterocycles. The Morgan fingerprint density at radius 2 is 2.05 bits per heavy atom. The summed E-state index contributed by atoms with van der Waals surface area (Å²) in [5.74, 6) is -0.811. The number of amides is 2. The molecule has 0 saturated carbocycles. The number of nitriles is 1. The third-order valence-electron chi connectivity index (χ3n) is 2.44. The van der Waals surface area contributed by atoms with Crippen LogP contribution >= 0.6 is 0 Å². The minimum absolute atomic E-state index is 0.0892. The fourth-order valence-corrected chi connectivity index (χ4v) is 1.54. The minimum atomic E-state index is -0.721. The van der Waals surface area contributed by atoms with Gasteiger partial charge in [-0.25, -0.2) is 0 Å². The lowest BCUT2D eigenvalue weighted by Gasteiger charge is -2.16. The maximum Gasteiger partial charge on any atom is 0.244 e. The lowest BCUT2D eigenvalue weighted by Crippen LogP contribution is -2.47. The van der Waals surface area contributed by atoms with Crippen molar-refractivity contribution in [3.05, 3.63) is 48.6 Å². The van der Waals surface area contributed by atoms with Gasteiger partial charge in [0.15, 0.2) is 0 Å². The fraction of sp³-hybridized carbons (Fsp3) is 0.214. The molecule has 0 fully saturated rings. The highest BCUT2D eigenvalue weighted by Crippen LogP contribution is 2.03. The van der Waals surface area contributed by atoms with E-state index in [0.717, 1.165) is 11.6 Å². The summed E-state index contributed by atoms with van der Waals surface area (Å²) in [6, 6.07) is 10.4. The van der Waals surface area contributed by atoms with Crippen LogP contribution in [-0.4, -0.2) is 24.4 Å². The normalized spacial score (nSPS) is 10.9. The van der Waals surface area contributed by atoms with Crippen molar-refractivity contribution in [2.24, 2.45) is 0 Å². The van der Waals surface area contributed by atoms with Gasteiger partial charge in [-0.3, -0.25) is 9.59 Å². The van der Waals surface area contributed by atoms with E-state index < -0.39 is 11.9 Å². The molecule has 1 aromatic carbocycles. The van der Waals surface area contributed by atoms with Crippen LogP contribution in [0.15, 0.2) is 43.0 Å². The molecule has 2 N–H and O–H groups in total. The molecular weight excluding hydrogens is 242 g/mol. The van der Waals surface area contributed by atoms with Crippen molar-refractivity contribution < 1.29 is 9.59 Å². The third-order valence-corrected chi connectivity index (χ3v) is 2.44. The molecule has 0 saturated heterocycles. The van der Waals surface area contributed by atoms with Crippen LogP contribution < -0.4 is 10.6 Å². The van der Waals surface area contributed by atoms with Gasteiger partial charge in [0, 0.05) is 6.42 Å². The Bertz CT molecular complexity index is 491. The Balaban J connectivity index is 2.74. The zero-order valence-corrected chi connectivity index (χ0v) is 10.4. The lowest BCUT2D eigenvalue weighted by atomic mass is 10.1. The summed E-state index contributed by atoms with van der Waals surface area (Å²) >= 11 is 0. The summed E-state index contributed by atoms with van der Waals surface area (Å²) in [5, 5.41) is 13.4. The molecule has 1 unspecified atom stereocenters. The van der Waals surface area contributed by atoms with Gasteiger partial charge in [-0.15, -0.1) is 0 Å². The largest absolute Gasteiger partial charge is 0.341 e. The van der Waals surface area contributed by atoms with E-state index in [9.17, 15) is 9.59 Å². The molecule has 0 bridgehead atoms. The first-order valence-electron chi connectivity index (χ1n) is 5.79. The van der Waals surface area contributed by atoms with Gasteiger partial charge in [0.25, 0.3) is 0 Å². The highest BCUT2D eigenvalue weighted by molar-refractivity contribution is 5.92. The van der Waals surface area contributed by atoms with Crippen LogP contribution in [0.1, 0.15) is 5.56 Å². The highest BCUT2D eigenvalue weighted by atomic mass is 16.2. The number of hydrogen-bond acceptors (Lipinski definition) is 3. The van der Waals surface area contributed by atoms with E-state index in [1.165, 1.54) is 0 Å². The second-order valence-corrected chi connectivity index (χ2v) is 3.83. The monoisotopic (exact) mass is 257 g/mol. The molecular formula is C14H15N3O2. The molecule has 0 aliphatic rings. The van der Waals surface area contributed by atoms with Crippen LogP contribution in [-0.2, 0) is 16.0 Å². The SMILES string of the molecule is C=CC(=O)NC(Cc1ccccc1)C(=O)NCC#N. The minimum Gasteiger partial charge on any atom is -0.341 e. The van der Waals surface area contributed by atoms with Gasteiger partial charge in [0.2, 0.25) is 11.8 Å². The quantitative estimate of drug-likeness (QED) is 0.576. The third kappa shape index (κ3) is 5.04. The van der Waals surface area contributed by atoms with Crippen molar-refractivity contribution >= 4 is 11.8 Å². The van der Waals surface area contributed by atoms with Crippen LogP contribution in [0.3, 0.4) is 0 Å². The molecule has 2 amide bonds. The molecule has 0 aliphatic heterocycles. The first kappa shape index (κ1) is 14.5. The Hall–Kier alpha value is -2.61. The van der Waals surface area contributed by atoms with E-state index in [-0.39, 0.29) is 12.5 Å². The number of carbonyl (C=O) groups excluding carboxylic acids is 2. The molecule has 19 heavy (non-hydrogen) atoms. The van der Waals surface area contributed by atoms with Crippen molar-refractivity contribution in [1.29, 1.82) is 5.26 Å². The summed E-state index contributed by atoms with van der Waals surface area (Å²) in [5.41, 5.74) is 0.920. The molecule has 1 aromatic rings. The average Bonchev–Trinajstić information content (AvgIpc) is 2.44. The summed E-state index contributed by atoms with van der Waals surface area (Å²) < 4.78 is 0. The van der Waals surface area contributed by atoms with Crippen molar-refractivity contribution in [1.82, 2.24) is 10.6 Å². The summed E-state index contributed by atoms with van der Waals surface area (Å²) in [6.45, 7) is 3.26. The van der Waals surface area contributed by atoms with Crippen molar-refractivity contribution in [2.75, 3.05) is 6.54 Å². The molecule has 5 nitrogen and oxygen atoms in total. The molecule has 5 heteroatoms. The lowest BCUT2D eigenvalue weighted by molar-refractivity contribution is -0.126. The van der Waals surface area contributed by atoms with Crippen molar-refractivity contribution in [3.63, 3.8) is 0 Å². The van der Waals surface area contributed by atoms with Crippen molar-refractivity contribution in [3.8, 4) is 6.07 Å².